The average Bonchev–Trinajstić information content (AvgIpc) is 2.47. The Labute approximate surface area is 136 Å². The Hall–Kier alpha value is -2.11. The van der Waals surface area contributed by atoms with Crippen LogP contribution in [0.15, 0.2) is 24.4 Å². The smallest absolute Gasteiger partial charge is 0.416 e. The Morgan fingerprint density at radius 2 is 1.87 bits per heavy atom. The number of carboxylic acid groups (broad SMARTS) is 1. The van der Waals surface area contributed by atoms with Gasteiger partial charge in [-0.2, -0.15) is 0 Å². The molecule has 126 valence electrons. The van der Waals surface area contributed by atoms with Gasteiger partial charge in [0.25, 0.3) is 0 Å². The fraction of sp³-hybridized carbons (Fsp3) is 0.588. The van der Waals surface area contributed by atoms with E-state index in [0.29, 0.717) is 31.5 Å². The van der Waals surface area contributed by atoms with Gasteiger partial charge in [0.1, 0.15) is 11.4 Å². The molecule has 0 saturated heterocycles. The lowest BCUT2D eigenvalue weighted by Crippen LogP contribution is -2.46. The Bertz CT molecular complexity index is 545. The number of rotatable bonds is 3. The highest BCUT2D eigenvalue weighted by molar-refractivity contribution is 5.87. The number of amides is 1. The third-order valence-electron chi connectivity index (χ3n) is 3.90. The van der Waals surface area contributed by atoms with E-state index in [1.165, 1.54) is 0 Å². The molecule has 6 nitrogen and oxygen atoms in total. The first-order chi connectivity index (χ1) is 10.8. The van der Waals surface area contributed by atoms with Crippen molar-refractivity contribution in [3.8, 4) is 0 Å². The minimum absolute atomic E-state index is 0.0876. The molecule has 0 radical (unpaired) electrons. The van der Waals surface area contributed by atoms with Crippen LogP contribution in [-0.4, -0.2) is 33.8 Å². The molecule has 0 aromatic carbocycles. The summed E-state index contributed by atoms with van der Waals surface area (Å²) in [6.07, 6.45) is 3.59. The Morgan fingerprint density at radius 1 is 1.22 bits per heavy atom. The van der Waals surface area contributed by atoms with E-state index in [9.17, 15) is 9.59 Å². The van der Waals surface area contributed by atoms with Crippen molar-refractivity contribution in [2.24, 2.45) is 5.92 Å². The topological polar surface area (TPSA) is 79.7 Å². The van der Waals surface area contributed by atoms with E-state index < -0.39 is 17.7 Å². The molecule has 0 spiro atoms. The summed E-state index contributed by atoms with van der Waals surface area (Å²) >= 11 is 0. The first-order valence-corrected chi connectivity index (χ1v) is 7.94. The zero-order valence-electron chi connectivity index (χ0n) is 13.9. The minimum Gasteiger partial charge on any atom is -0.481 e. The highest BCUT2D eigenvalue weighted by Crippen LogP contribution is 2.31. The van der Waals surface area contributed by atoms with Crippen molar-refractivity contribution in [1.82, 2.24) is 4.98 Å². The number of carbonyl (C=O) groups excluding carboxylic acids is 1. The van der Waals surface area contributed by atoms with Gasteiger partial charge in [0.05, 0.1) is 5.92 Å². The minimum atomic E-state index is -0.759. The van der Waals surface area contributed by atoms with Crippen LogP contribution in [0.2, 0.25) is 0 Å². The fourth-order valence-corrected chi connectivity index (χ4v) is 2.82. The zero-order valence-corrected chi connectivity index (χ0v) is 13.9. The average molecular weight is 320 g/mol. The van der Waals surface area contributed by atoms with Crippen LogP contribution in [0.4, 0.5) is 10.6 Å². The molecule has 23 heavy (non-hydrogen) atoms. The van der Waals surface area contributed by atoms with Crippen molar-refractivity contribution in [1.29, 1.82) is 0 Å². The number of hydrogen-bond acceptors (Lipinski definition) is 4. The third-order valence-corrected chi connectivity index (χ3v) is 3.90. The maximum atomic E-state index is 12.6. The van der Waals surface area contributed by atoms with Gasteiger partial charge in [0, 0.05) is 12.2 Å². The number of ether oxygens (including phenoxy) is 1. The lowest BCUT2D eigenvalue weighted by molar-refractivity contribution is -0.142. The van der Waals surface area contributed by atoms with E-state index in [-0.39, 0.29) is 12.0 Å². The summed E-state index contributed by atoms with van der Waals surface area (Å²) in [4.78, 5) is 29.6. The van der Waals surface area contributed by atoms with E-state index in [4.69, 9.17) is 9.84 Å². The molecule has 0 aliphatic heterocycles. The molecule has 1 aliphatic rings. The summed E-state index contributed by atoms with van der Waals surface area (Å²) in [7, 11) is 0. The Morgan fingerprint density at radius 3 is 2.35 bits per heavy atom. The molecular formula is C17H24N2O4. The molecule has 0 bridgehead atoms. The number of hydrogen-bond donors (Lipinski definition) is 1. The van der Waals surface area contributed by atoms with Gasteiger partial charge in [-0.05, 0) is 58.6 Å². The molecule has 1 amide bonds. The van der Waals surface area contributed by atoms with Gasteiger partial charge in [0.15, 0.2) is 0 Å². The Balaban J connectivity index is 2.18. The van der Waals surface area contributed by atoms with Gasteiger partial charge in [-0.3, -0.25) is 9.69 Å². The van der Waals surface area contributed by atoms with Crippen LogP contribution in [-0.2, 0) is 9.53 Å². The van der Waals surface area contributed by atoms with Gasteiger partial charge in [-0.15, -0.1) is 0 Å². The van der Waals surface area contributed by atoms with Gasteiger partial charge in [-0.25, -0.2) is 9.78 Å². The molecule has 1 saturated carbocycles. The fourth-order valence-electron chi connectivity index (χ4n) is 2.82. The van der Waals surface area contributed by atoms with Crippen molar-refractivity contribution in [2.45, 2.75) is 58.1 Å². The quantitative estimate of drug-likeness (QED) is 0.922. The lowest BCUT2D eigenvalue weighted by Gasteiger charge is -2.36. The summed E-state index contributed by atoms with van der Waals surface area (Å²) in [6.45, 7) is 5.47. The van der Waals surface area contributed by atoms with Crippen LogP contribution >= 0.6 is 0 Å². The first kappa shape index (κ1) is 17.2. The number of pyridine rings is 1. The second-order valence-electron chi connectivity index (χ2n) is 6.88. The van der Waals surface area contributed by atoms with Crippen LogP contribution in [0.1, 0.15) is 46.5 Å². The van der Waals surface area contributed by atoms with Crippen molar-refractivity contribution >= 4 is 17.9 Å². The predicted octanol–water partition coefficient (Wildman–Crippen LogP) is 3.47. The van der Waals surface area contributed by atoms with E-state index in [0.717, 1.165) is 0 Å². The van der Waals surface area contributed by atoms with E-state index >= 15 is 0 Å². The molecule has 1 aliphatic carbocycles. The summed E-state index contributed by atoms with van der Waals surface area (Å²) in [5.41, 5.74) is -0.595. The second kappa shape index (κ2) is 6.98. The van der Waals surface area contributed by atoms with Crippen molar-refractivity contribution in [2.75, 3.05) is 4.90 Å². The molecule has 1 fully saturated rings. The van der Waals surface area contributed by atoms with Crippen molar-refractivity contribution < 1.29 is 19.4 Å². The molecule has 1 N–H and O–H groups in total. The first-order valence-electron chi connectivity index (χ1n) is 7.94. The monoisotopic (exact) mass is 320 g/mol. The third kappa shape index (κ3) is 4.68. The van der Waals surface area contributed by atoms with Gasteiger partial charge in [-0.1, -0.05) is 6.07 Å². The second-order valence-corrected chi connectivity index (χ2v) is 6.88. The highest BCUT2D eigenvalue weighted by atomic mass is 16.6. The molecule has 1 heterocycles. The number of carboxylic acids is 1. The number of carbonyl (C=O) groups is 2. The highest BCUT2D eigenvalue weighted by Gasteiger charge is 2.35. The van der Waals surface area contributed by atoms with E-state index in [2.05, 4.69) is 4.98 Å². The number of nitrogens with zero attached hydrogens (tertiary/aromatic N) is 2. The van der Waals surface area contributed by atoms with Gasteiger partial charge in [0.2, 0.25) is 0 Å². The van der Waals surface area contributed by atoms with Gasteiger partial charge >= 0.3 is 12.1 Å². The largest absolute Gasteiger partial charge is 0.481 e. The van der Waals surface area contributed by atoms with Crippen molar-refractivity contribution in [3.63, 3.8) is 0 Å². The van der Waals surface area contributed by atoms with E-state index in [1.807, 2.05) is 26.8 Å². The van der Waals surface area contributed by atoms with Crippen LogP contribution in [0.3, 0.4) is 0 Å². The lowest BCUT2D eigenvalue weighted by atomic mass is 9.85. The van der Waals surface area contributed by atoms with Crippen LogP contribution in [0.5, 0.6) is 0 Å². The number of aliphatic carboxylic acids is 1. The van der Waals surface area contributed by atoms with Crippen LogP contribution in [0.25, 0.3) is 0 Å². The standard InChI is InChI=1S/C17H24N2O4/c1-17(2,3)23-16(22)19(14-6-4-5-11-18-14)13-9-7-12(8-10-13)15(20)21/h4-6,11-13H,7-10H2,1-3H3,(H,20,21). The summed E-state index contributed by atoms with van der Waals surface area (Å²) in [5, 5.41) is 9.12. The van der Waals surface area contributed by atoms with Gasteiger partial charge < -0.3 is 9.84 Å². The SMILES string of the molecule is CC(C)(C)OC(=O)N(c1ccccn1)C1CCC(C(=O)O)CC1. The summed E-state index contributed by atoms with van der Waals surface area (Å²) < 4.78 is 5.51. The maximum Gasteiger partial charge on any atom is 0.416 e. The predicted molar refractivity (Wildman–Crippen MR) is 86.3 cm³/mol. The molecule has 0 atom stereocenters. The molecule has 1 aromatic heterocycles. The van der Waals surface area contributed by atoms with E-state index in [1.54, 1.807) is 23.2 Å². The Kier molecular flexibility index (Phi) is 5.23. The van der Waals surface area contributed by atoms with Crippen molar-refractivity contribution in [3.05, 3.63) is 24.4 Å². The van der Waals surface area contributed by atoms with Crippen LogP contribution in [0, 0.1) is 5.92 Å². The molecule has 0 unspecified atom stereocenters. The zero-order chi connectivity index (χ0) is 17.0. The summed E-state index contributed by atoms with van der Waals surface area (Å²) in [6, 6.07) is 5.30. The maximum absolute atomic E-state index is 12.6. The summed E-state index contributed by atoms with van der Waals surface area (Å²) in [5.74, 6) is -0.541. The molecule has 6 heteroatoms. The number of anilines is 1. The van der Waals surface area contributed by atoms with Crippen LogP contribution < -0.4 is 4.90 Å². The normalized spacial score (nSPS) is 21.5. The molecule has 1 aromatic rings. The molecule has 2 rings (SSSR count). The number of aromatic nitrogens is 1. The molecular weight excluding hydrogens is 296 g/mol.